The van der Waals surface area contributed by atoms with Crippen LogP contribution in [0.5, 0.6) is 5.75 Å². The SMILES string of the molecule is CC(=O)c1ccc(N2CCOc3ccccc3C2)c(F)c1. The molecule has 0 amide bonds. The summed E-state index contributed by atoms with van der Waals surface area (Å²) in [5.74, 6) is 0.341. The summed E-state index contributed by atoms with van der Waals surface area (Å²) in [6, 6.07) is 12.4. The molecular weight excluding hydrogens is 269 g/mol. The summed E-state index contributed by atoms with van der Waals surface area (Å²) < 4.78 is 20.0. The maximum absolute atomic E-state index is 14.3. The summed E-state index contributed by atoms with van der Waals surface area (Å²) in [5.41, 5.74) is 1.92. The van der Waals surface area contributed by atoms with Crippen LogP contribution >= 0.6 is 0 Å². The van der Waals surface area contributed by atoms with E-state index in [1.807, 2.05) is 29.2 Å². The van der Waals surface area contributed by atoms with E-state index in [9.17, 15) is 9.18 Å². The number of ketones is 1. The Hall–Kier alpha value is -2.36. The van der Waals surface area contributed by atoms with Crippen LogP contribution in [0, 0.1) is 5.82 Å². The Morgan fingerprint density at radius 3 is 2.81 bits per heavy atom. The molecule has 21 heavy (non-hydrogen) atoms. The van der Waals surface area contributed by atoms with Crippen molar-refractivity contribution in [2.45, 2.75) is 13.5 Å². The number of benzene rings is 2. The molecule has 108 valence electrons. The lowest BCUT2D eigenvalue weighted by Crippen LogP contribution is -2.26. The van der Waals surface area contributed by atoms with Crippen molar-refractivity contribution in [3.63, 3.8) is 0 Å². The molecule has 0 bridgehead atoms. The van der Waals surface area contributed by atoms with E-state index in [0.717, 1.165) is 11.3 Å². The van der Waals surface area contributed by atoms with Gasteiger partial charge in [0.25, 0.3) is 0 Å². The predicted molar refractivity (Wildman–Crippen MR) is 79.4 cm³/mol. The average molecular weight is 285 g/mol. The molecule has 0 spiro atoms. The maximum atomic E-state index is 14.3. The zero-order chi connectivity index (χ0) is 14.8. The van der Waals surface area contributed by atoms with Gasteiger partial charge in [-0.05, 0) is 31.2 Å². The summed E-state index contributed by atoms with van der Waals surface area (Å²) in [4.78, 5) is 13.2. The summed E-state index contributed by atoms with van der Waals surface area (Å²) in [7, 11) is 0. The largest absolute Gasteiger partial charge is 0.491 e. The first-order valence-electron chi connectivity index (χ1n) is 6.91. The van der Waals surface area contributed by atoms with E-state index in [-0.39, 0.29) is 11.6 Å². The second kappa shape index (κ2) is 5.56. The van der Waals surface area contributed by atoms with Gasteiger partial charge < -0.3 is 9.64 Å². The van der Waals surface area contributed by atoms with Crippen LogP contribution in [0.15, 0.2) is 42.5 Å². The molecule has 4 heteroatoms. The number of fused-ring (bicyclic) bond motifs is 1. The molecule has 3 nitrogen and oxygen atoms in total. The van der Waals surface area contributed by atoms with Crippen LogP contribution in [0.4, 0.5) is 10.1 Å². The van der Waals surface area contributed by atoms with Gasteiger partial charge in [0, 0.05) is 17.7 Å². The van der Waals surface area contributed by atoms with Gasteiger partial charge in [-0.25, -0.2) is 4.39 Å². The van der Waals surface area contributed by atoms with E-state index in [0.29, 0.717) is 30.9 Å². The van der Waals surface area contributed by atoms with Gasteiger partial charge >= 0.3 is 0 Å². The highest BCUT2D eigenvalue weighted by Gasteiger charge is 2.18. The number of hydrogen-bond donors (Lipinski definition) is 0. The van der Waals surface area contributed by atoms with Crippen molar-refractivity contribution in [2.24, 2.45) is 0 Å². The van der Waals surface area contributed by atoms with Crippen LogP contribution in [-0.4, -0.2) is 18.9 Å². The average Bonchev–Trinajstić information content (AvgIpc) is 2.69. The Balaban J connectivity index is 1.92. The van der Waals surface area contributed by atoms with Crippen molar-refractivity contribution >= 4 is 11.5 Å². The van der Waals surface area contributed by atoms with Crippen LogP contribution < -0.4 is 9.64 Å². The summed E-state index contributed by atoms with van der Waals surface area (Å²) in [6.45, 7) is 3.13. The van der Waals surface area contributed by atoms with Crippen molar-refractivity contribution in [2.75, 3.05) is 18.1 Å². The number of para-hydroxylation sites is 1. The Bertz CT molecular complexity index is 684. The van der Waals surface area contributed by atoms with Crippen molar-refractivity contribution in [3.8, 4) is 5.75 Å². The molecule has 0 fully saturated rings. The molecule has 0 aromatic heterocycles. The van der Waals surface area contributed by atoms with E-state index in [2.05, 4.69) is 0 Å². The molecule has 0 N–H and O–H groups in total. The molecule has 2 aromatic carbocycles. The summed E-state index contributed by atoms with van der Waals surface area (Å²) >= 11 is 0. The molecule has 3 rings (SSSR count). The number of carbonyl (C=O) groups excluding carboxylic acids is 1. The highest BCUT2D eigenvalue weighted by molar-refractivity contribution is 5.94. The normalized spacial score (nSPS) is 14.1. The molecule has 0 atom stereocenters. The molecule has 0 aliphatic carbocycles. The number of anilines is 1. The van der Waals surface area contributed by atoms with E-state index in [1.165, 1.54) is 13.0 Å². The van der Waals surface area contributed by atoms with Crippen molar-refractivity contribution in [3.05, 3.63) is 59.4 Å². The monoisotopic (exact) mass is 285 g/mol. The van der Waals surface area contributed by atoms with Crippen LogP contribution in [-0.2, 0) is 6.54 Å². The Kier molecular flexibility index (Phi) is 3.60. The van der Waals surface area contributed by atoms with E-state index in [1.54, 1.807) is 12.1 Å². The number of rotatable bonds is 2. The standard InChI is InChI=1S/C17H16FNO2/c1-12(20)13-6-7-16(15(18)10-13)19-8-9-21-17-5-3-2-4-14(17)11-19/h2-7,10H,8-9,11H2,1H3. The van der Waals surface area contributed by atoms with Crippen LogP contribution in [0.25, 0.3) is 0 Å². The third-order valence-corrected chi connectivity index (χ3v) is 3.65. The topological polar surface area (TPSA) is 29.5 Å². The minimum Gasteiger partial charge on any atom is -0.491 e. The number of halogens is 1. The molecule has 1 aliphatic heterocycles. The minimum atomic E-state index is -0.373. The van der Waals surface area contributed by atoms with Crippen LogP contribution in [0.3, 0.4) is 0 Å². The van der Waals surface area contributed by atoms with Crippen molar-refractivity contribution in [1.82, 2.24) is 0 Å². The highest BCUT2D eigenvalue weighted by atomic mass is 19.1. The smallest absolute Gasteiger partial charge is 0.159 e. The second-order valence-electron chi connectivity index (χ2n) is 5.10. The molecule has 2 aromatic rings. The third kappa shape index (κ3) is 2.75. The predicted octanol–water partition coefficient (Wildman–Crippen LogP) is 3.43. The first kappa shape index (κ1) is 13.6. The molecular formula is C17H16FNO2. The number of hydrogen-bond acceptors (Lipinski definition) is 3. The quantitative estimate of drug-likeness (QED) is 0.792. The van der Waals surface area contributed by atoms with Gasteiger partial charge in [-0.1, -0.05) is 18.2 Å². The van der Waals surface area contributed by atoms with Gasteiger partial charge in [-0.3, -0.25) is 4.79 Å². The lowest BCUT2D eigenvalue weighted by Gasteiger charge is -2.22. The Morgan fingerprint density at radius 1 is 1.24 bits per heavy atom. The van der Waals surface area contributed by atoms with Crippen LogP contribution in [0.1, 0.15) is 22.8 Å². The third-order valence-electron chi connectivity index (χ3n) is 3.65. The minimum absolute atomic E-state index is 0.134. The van der Waals surface area contributed by atoms with Gasteiger partial charge in [0.05, 0.1) is 12.2 Å². The Labute approximate surface area is 123 Å². The molecule has 0 saturated heterocycles. The fourth-order valence-corrected chi connectivity index (χ4v) is 2.51. The molecule has 0 radical (unpaired) electrons. The maximum Gasteiger partial charge on any atom is 0.159 e. The zero-order valence-corrected chi connectivity index (χ0v) is 11.8. The van der Waals surface area contributed by atoms with Gasteiger partial charge in [0.15, 0.2) is 5.78 Å². The van der Waals surface area contributed by atoms with E-state index >= 15 is 0 Å². The van der Waals surface area contributed by atoms with Crippen LogP contribution in [0.2, 0.25) is 0 Å². The molecule has 1 heterocycles. The summed E-state index contributed by atoms with van der Waals surface area (Å²) in [6.07, 6.45) is 0. The zero-order valence-electron chi connectivity index (χ0n) is 11.8. The molecule has 0 saturated carbocycles. The lowest BCUT2D eigenvalue weighted by molar-refractivity contribution is 0.101. The van der Waals surface area contributed by atoms with E-state index < -0.39 is 0 Å². The highest BCUT2D eigenvalue weighted by Crippen LogP contribution is 2.28. The molecule has 1 aliphatic rings. The first-order valence-corrected chi connectivity index (χ1v) is 6.91. The van der Waals surface area contributed by atoms with Gasteiger partial charge in [0.2, 0.25) is 0 Å². The van der Waals surface area contributed by atoms with Gasteiger partial charge in [-0.2, -0.15) is 0 Å². The summed E-state index contributed by atoms with van der Waals surface area (Å²) in [5, 5.41) is 0. The number of nitrogens with zero attached hydrogens (tertiary/aromatic N) is 1. The van der Waals surface area contributed by atoms with Crippen molar-refractivity contribution in [1.29, 1.82) is 0 Å². The van der Waals surface area contributed by atoms with Gasteiger partial charge in [-0.15, -0.1) is 0 Å². The number of Topliss-reactive ketones (excluding diaryl/α,β-unsaturated/α-hetero) is 1. The fourth-order valence-electron chi connectivity index (χ4n) is 2.51. The fraction of sp³-hybridized carbons (Fsp3) is 0.235. The lowest BCUT2D eigenvalue weighted by atomic mass is 10.1. The number of carbonyl (C=O) groups is 1. The Morgan fingerprint density at radius 2 is 2.05 bits per heavy atom. The van der Waals surface area contributed by atoms with Gasteiger partial charge in [0.1, 0.15) is 18.2 Å². The van der Waals surface area contributed by atoms with Crippen molar-refractivity contribution < 1.29 is 13.9 Å². The van der Waals surface area contributed by atoms with E-state index in [4.69, 9.17) is 4.74 Å². The second-order valence-corrected chi connectivity index (χ2v) is 5.10. The molecule has 0 unspecified atom stereocenters. The first-order chi connectivity index (χ1) is 10.1. The number of ether oxygens (including phenoxy) is 1.